The van der Waals surface area contributed by atoms with Gasteiger partial charge >= 0.3 is 0 Å². The predicted octanol–water partition coefficient (Wildman–Crippen LogP) is 2.16. The van der Waals surface area contributed by atoms with E-state index in [1.54, 1.807) is 0 Å². The third kappa shape index (κ3) is 2.63. The van der Waals surface area contributed by atoms with Gasteiger partial charge in [0.05, 0.1) is 0 Å². The number of nitrogens with zero attached hydrogens (tertiary/aromatic N) is 1. The fourth-order valence-corrected chi connectivity index (χ4v) is 3.24. The summed E-state index contributed by atoms with van der Waals surface area (Å²) in [6.07, 6.45) is 4.88. The lowest BCUT2D eigenvalue weighted by molar-refractivity contribution is 0.0870. The molecule has 0 aliphatic carbocycles. The van der Waals surface area contributed by atoms with Gasteiger partial charge in [-0.1, -0.05) is 12.5 Å². The molecule has 4 nitrogen and oxygen atoms in total. The van der Waals surface area contributed by atoms with Crippen molar-refractivity contribution in [1.82, 2.24) is 4.90 Å². The zero-order chi connectivity index (χ0) is 14.0. The van der Waals surface area contributed by atoms with Gasteiger partial charge in [0.1, 0.15) is 0 Å². The Labute approximate surface area is 120 Å². The minimum absolute atomic E-state index is 0.0358. The fraction of sp³-hybridized carbons (Fsp3) is 0.625. The summed E-state index contributed by atoms with van der Waals surface area (Å²) in [6, 6.07) is 6.23. The quantitative estimate of drug-likeness (QED) is 0.915. The summed E-state index contributed by atoms with van der Waals surface area (Å²) in [7, 11) is 0. The van der Waals surface area contributed by atoms with Crippen LogP contribution in [0.4, 0.5) is 0 Å². The Kier molecular flexibility index (Phi) is 3.85. The Morgan fingerprint density at radius 2 is 1.90 bits per heavy atom. The Bertz CT molecular complexity index is 472. The maximum atomic E-state index is 6.10. The molecule has 2 heterocycles. The molecule has 1 aromatic rings. The van der Waals surface area contributed by atoms with E-state index in [0.29, 0.717) is 13.3 Å². The largest absolute Gasteiger partial charge is 0.454 e. The van der Waals surface area contributed by atoms with Crippen LogP contribution in [0, 0.1) is 0 Å². The highest BCUT2D eigenvalue weighted by Crippen LogP contribution is 2.34. The van der Waals surface area contributed by atoms with Crippen LogP contribution in [0.3, 0.4) is 0 Å². The number of benzene rings is 1. The Hall–Kier alpha value is -1.26. The van der Waals surface area contributed by atoms with E-state index in [1.807, 2.05) is 6.07 Å². The number of rotatable bonds is 4. The number of piperidine rings is 1. The average molecular weight is 276 g/mol. The van der Waals surface area contributed by atoms with Gasteiger partial charge in [0, 0.05) is 12.1 Å². The average Bonchev–Trinajstić information content (AvgIpc) is 2.95. The predicted molar refractivity (Wildman–Crippen MR) is 79.2 cm³/mol. The molecule has 1 fully saturated rings. The van der Waals surface area contributed by atoms with E-state index in [4.69, 9.17) is 15.2 Å². The summed E-state index contributed by atoms with van der Waals surface area (Å²) in [5.41, 5.74) is 7.41. The first kappa shape index (κ1) is 13.7. The van der Waals surface area contributed by atoms with Crippen molar-refractivity contribution in [3.05, 3.63) is 23.8 Å². The van der Waals surface area contributed by atoms with E-state index >= 15 is 0 Å². The molecule has 0 radical (unpaired) electrons. The number of likely N-dealkylation sites (tertiary alicyclic amines) is 1. The standard InChI is InChI=1S/C16H24N2O2/c1-16(11-17,18-7-3-2-4-8-18)10-13-5-6-14-15(9-13)20-12-19-14/h5-6,9H,2-4,7-8,10-12,17H2,1H3. The molecule has 110 valence electrons. The van der Waals surface area contributed by atoms with Gasteiger partial charge in [0.2, 0.25) is 6.79 Å². The normalized spacial score (nSPS) is 21.7. The van der Waals surface area contributed by atoms with Crippen LogP contribution < -0.4 is 15.2 Å². The first-order valence-electron chi connectivity index (χ1n) is 7.55. The molecule has 3 rings (SSSR count). The number of hydrogen-bond acceptors (Lipinski definition) is 4. The topological polar surface area (TPSA) is 47.7 Å². The summed E-state index contributed by atoms with van der Waals surface area (Å²) in [5, 5.41) is 0. The van der Waals surface area contributed by atoms with Gasteiger partial charge in [-0.25, -0.2) is 0 Å². The van der Waals surface area contributed by atoms with Crippen molar-refractivity contribution in [2.75, 3.05) is 26.4 Å². The van der Waals surface area contributed by atoms with Gasteiger partial charge in [-0.2, -0.15) is 0 Å². The van der Waals surface area contributed by atoms with Crippen molar-refractivity contribution in [2.45, 2.75) is 38.1 Å². The van der Waals surface area contributed by atoms with Crippen molar-refractivity contribution in [3.63, 3.8) is 0 Å². The summed E-state index contributed by atoms with van der Waals surface area (Å²) in [5.74, 6) is 1.71. The third-order valence-corrected chi connectivity index (χ3v) is 4.58. The number of hydrogen-bond donors (Lipinski definition) is 1. The molecule has 0 bridgehead atoms. The van der Waals surface area contributed by atoms with Crippen LogP contribution in [0.5, 0.6) is 11.5 Å². The summed E-state index contributed by atoms with van der Waals surface area (Å²) < 4.78 is 10.8. The number of fused-ring (bicyclic) bond motifs is 1. The van der Waals surface area contributed by atoms with Crippen molar-refractivity contribution in [2.24, 2.45) is 5.73 Å². The third-order valence-electron chi connectivity index (χ3n) is 4.58. The van der Waals surface area contributed by atoms with Crippen molar-refractivity contribution in [1.29, 1.82) is 0 Å². The van der Waals surface area contributed by atoms with Crippen LogP contribution in [0.2, 0.25) is 0 Å². The van der Waals surface area contributed by atoms with Crippen LogP contribution in [0.1, 0.15) is 31.7 Å². The minimum atomic E-state index is 0.0358. The first-order valence-corrected chi connectivity index (χ1v) is 7.55. The molecule has 20 heavy (non-hydrogen) atoms. The molecular weight excluding hydrogens is 252 g/mol. The Morgan fingerprint density at radius 3 is 2.65 bits per heavy atom. The first-order chi connectivity index (χ1) is 9.71. The molecule has 1 aromatic carbocycles. The van der Waals surface area contributed by atoms with Crippen molar-refractivity contribution in [3.8, 4) is 11.5 Å². The summed E-state index contributed by atoms with van der Waals surface area (Å²) in [4.78, 5) is 2.56. The highest BCUT2D eigenvalue weighted by molar-refractivity contribution is 5.44. The highest BCUT2D eigenvalue weighted by atomic mass is 16.7. The monoisotopic (exact) mass is 276 g/mol. The van der Waals surface area contributed by atoms with E-state index in [0.717, 1.165) is 31.0 Å². The lowest BCUT2D eigenvalue weighted by atomic mass is 9.89. The summed E-state index contributed by atoms with van der Waals surface area (Å²) >= 11 is 0. The smallest absolute Gasteiger partial charge is 0.231 e. The lowest BCUT2D eigenvalue weighted by Crippen LogP contribution is -2.54. The van der Waals surface area contributed by atoms with Crippen molar-refractivity contribution < 1.29 is 9.47 Å². The van der Waals surface area contributed by atoms with Crippen molar-refractivity contribution >= 4 is 0 Å². The molecule has 0 spiro atoms. The molecule has 2 aliphatic rings. The second-order valence-electron chi connectivity index (χ2n) is 6.11. The van der Waals surface area contributed by atoms with Crippen LogP contribution in [-0.4, -0.2) is 36.9 Å². The molecule has 1 saturated heterocycles. The van der Waals surface area contributed by atoms with E-state index < -0.39 is 0 Å². The molecule has 2 N–H and O–H groups in total. The molecular formula is C16H24N2O2. The molecule has 0 amide bonds. The molecule has 2 aliphatic heterocycles. The number of ether oxygens (including phenoxy) is 2. The highest BCUT2D eigenvalue weighted by Gasteiger charge is 2.32. The van der Waals surface area contributed by atoms with Gasteiger partial charge in [-0.05, 0) is 57.0 Å². The van der Waals surface area contributed by atoms with Gasteiger partial charge in [0.25, 0.3) is 0 Å². The molecule has 4 heteroatoms. The second kappa shape index (κ2) is 5.62. The molecule has 0 aromatic heterocycles. The lowest BCUT2D eigenvalue weighted by Gasteiger charge is -2.43. The zero-order valence-electron chi connectivity index (χ0n) is 12.2. The maximum absolute atomic E-state index is 6.10. The molecule has 1 unspecified atom stereocenters. The minimum Gasteiger partial charge on any atom is -0.454 e. The Balaban J connectivity index is 1.76. The molecule has 1 atom stereocenters. The van der Waals surface area contributed by atoms with Gasteiger partial charge < -0.3 is 15.2 Å². The van der Waals surface area contributed by atoms with Gasteiger partial charge in [-0.3, -0.25) is 4.90 Å². The second-order valence-corrected chi connectivity index (χ2v) is 6.11. The van der Waals surface area contributed by atoms with Crippen LogP contribution >= 0.6 is 0 Å². The van der Waals surface area contributed by atoms with Gasteiger partial charge in [0.15, 0.2) is 11.5 Å². The van der Waals surface area contributed by atoms with E-state index in [-0.39, 0.29) is 5.54 Å². The fourth-order valence-electron chi connectivity index (χ4n) is 3.24. The van der Waals surface area contributed by atoms with E-state index in [2.05, 4.69) is 24.0 Å². The van der Waals surface area contributed by atoms with Crippen LogP contribution in [0.15, 0.2) is 18.2 Å². The SMILES string of the molecule is CC(CN)(Cc1ccc2c(c1)OCO2)N1CCCCC1. The van der Waals surface area contributed by atoms with E-state index in [1.165, 1.54) is 24.8 Å². The van der Waals surface area contributed by atoms with Crippen LogP contribution in [-0.2, 0) is 6.42 Å². The Morgan fingerprint density at radius 1 is 1.15 bits per heavy atom. The van der Waals surface area contributed by atoms with Gasteiger partial charge in [-0.15, -0.1) is 0 Å². The maximum Gasteiger partial charge on any atom is 0.231 e. The molecule has 0 saturated carbocycles. The van der Waals surface area contributed by atoms with Crippen LogP contribution in [0.25, 0.3) is 0 Å². The number of nitrogens with two attached hydrogens (primary N) is 1. The van der Waals surface area contributed by atoms with E-state index in [9.17, 15) is 0 Å². The summed E-state index contributed by atoms with van der Waals surface area (Å²) in [6.45, 7) is 5.62. The zero-order valence-corrected chi connectivity index (χ0v) is 12.2.